The highest BCUT2D eigenvalue weighted by Gasteiger charge is 2.20. The zero-order valence-corrected chi connectivity index (χ0v) is 43.6. The number of unbranched alkanes of at least 4 members (excludes halogenated alkanes) is 38. The smallest absolute Gasteiger partial charge is 0.222 e. The number of carbonyl (C=O) groups excluding carboxylic acids is 1. The van der Waals surface area contributed by atoms with Gasteiger partial charge in [-0.2, -0.15) is 0 Å². The molecule has 4 N–H and O–H groups in total. The predicted molar refractivity (Wildman–Crippen MR) is 287 cm³/mol. The van der Waals surface area contributed by atoms with E-state index in [0.29, 0.717) is 6.42 Å². The molecule has 0 rings (SSSR count). The normalized spacial score (nSPS) is 13.6. The van der Waals surface area contributed by atoms with Gasteiger partial charge < -0.3 is 20.6 Å². The Morgan fingerprint density at radius 1 is 0.400 bits per heavy atom. The molecular weight excluding hydrogens is 799 g/mol. The Balaban J connectivity index is 3.61. The summed E-state index contributed by atoms with van der Waals surface area (Å²) < 4.78 is 0. The fourth-order valence-corrected chi connectivity index (χ4v) is 8.92. The number of aliphatic hydroxyl groups is 3. The minimum Gasteiger partial charge on any atom is -0.394 e. The summed E-state index contributed by atoms with van der Waals surface area (Å²) in [5.41, 5.74) is 0. The summed E-state index contributed by atoms with van der Waals surface area (Å²) >= 11 is 0. The van der Waals surface area contributed by atoms with Crippen molar-refractivity contribution in [1.82, 2.24) is 5.32 Å². The Bertz CT molecular complexity index is 1050. The van der Waals surface area contributed by atoms with Crippen LogP contribution in [0.4, 0.5) is 0 Å². The van der Waals surface area contributed by atoms with Crippen molar-refractivity contribution in [2.24, 2.45) is 0 Å². The predicted octanol–water partition coefficient (Wildman–Crippen LogP) is 18.0. The first-order valence-electron chi connectivity index (χ1n) is 28.9. The third-order valence-corrected chi connectivity index (χ3v) is 13.3. The van der Waals surface area contributed by atoms with Crippen LogP contribution in [0.5, 0.6) is 0 Å². The molecule has 0 aromatic heterocycles. The molecule has 0 heterocycles. The molecule has 0 aliphatic heterocycles. The van der Waals surface area contributed by atoms with E-state index in [0.717, 1.165) is 38.5 Å². The second kappa shape index (κ2) is 54.9. The highest BCUT2D eigenvalue weighted by atomic mass is 16.3. The summed E-state index contributed by atoms with van der Waals surface area (Å²) in [4.78, 5) is 12.5. The fraction of sp³-hybridized carbons (Fsp3) is 0.850. The molecule has 5 heteroatoms. The SMILES string of the molecule is CCCCCCCCCCC/C=C\C/C=C\CCCCCCCCCCCCCC(O)CC(=O)NC(CO)C(O)/C=C/CC/C=C/CCCCCCCCCCCCCCCCCCC. The first-order valence-corrected chi connectivity index (χ1v) is 28.9. The van der Waals surface area contributed by atoms with Gasteiger partial charge in [-0.25, -0.2) is 0 Å². The van der Waals surface area contributed by atoms with Crippen molar-refractivity contribution in [3.63, 3.8) is 0 Å². The van der Waals surface area contributed by atoms with Crippen LogP contribution < -0.4 is 5.32 Å². The van der Waals surface area contributed by atoms with E-state index in [4.69, 9.17) is 0 Å². The number of hydrogen-bond acceptors (Lipinski definition) is 4. The van der Waals surface area contributed by atoms with Crippen LogP contribution in [-0.4, -0.2) is 46.1 Å². The molecule has 0 aromatic rings. The molecule has 0 saturated carbocycles. The van der Waals surface area contributed by atoms with Gasteiger partial charge in [-0.1, -0.05) is 281 Å². The van der Waals surface area contributed by atoms with E-state index in [1.807, 2.05) is 6.08 Å². The van der Waals surface area contributed by atoms with Gasteiger partial charge in [0.05, 0.1) is 31.3 Å². The van der Waals surface area contributed by atoms with Crippen LogP contribution in [0.1, 0.15) is 303 Å². The average molecular weight is 913 g/mol. The topological polar surface area (TPSA) is 89.8 Å². The molecule has 0 radical (unpaired) electrons. The van der Waals surface area contributed by atoms with Gasteiger partial charge in [0, 0.05) is 0 Å². The minimum absolute atomic E-state index is 0.00424. The van der Waals surface area contributed by atoms with E-state index in [1.54, 1.807) is 6.08 Å². The van der Waals surface area contributed by atoms with Crippen LogP contribution in [-0.2, 0) is 4.79 Å². The summed E-state index contributed by atoms with van der Waals surface area (Å²) in [6, 6.07) is -0.764. The Morgan fingerprint density at radius 3 is 1.08 bits per heavy atom. The number of allylic oxidation sites excluding steroid dienone is 7. The Labute approximate surface area is 406 Å². The molecule has 0 aliphatic rings. The first kappa shape index (κ1) is 63.3. The molecular formula is C60H113NO4. The zero-order chi connectivity index (χ0) is 47.2. The lowest BCUT2D eigenvalue weighted by molar-refractivity contribution is -0.124. The number of hydrogen-bond donors (Lipinski definition) is 4. The third kappa shape index (κ3) is 51.5. The van der Waals surface area contributed by atoms with Gasteiger partial charge in [0.25, 0.3) is 0 Å². The van der Waals surface area contributed by atoms with Crippen LogP contribution in [0, 0.1) is 0 Å². The molecule has 0 aromatic carbocycles. The summed E-state index contributed by atoms with van der Waals surface area (Å²) in [5, 5.41) is 33.5. The fourth-order valence-electron chi connectivity index (χ4n) is 8.92. The van der Waals surface area contributed by atoms with Crippen LogP contribution in [0.25, 0.3) is 0 Å². The largest absolute Gasteiger partial charge is 0.394 e. The van der Waals surface area contributed by atoms with Crippen LogP contribution in [0.3, 0.4) is 0 Å². The second-order valence-corrected chi connectivity index (χ2v) is 19.9. The number of aliphatic hydroxyl groups excluding tert-OH is 3. The standard InChI is InChI=1S/C60H113NO4/c1-3-5-7-9-11-13-15-17-19-21-23-25-27-28-29-30-32-33-35-37-39-41-43-45-47-49-51-53-57(63)55-60(65)61-58(56-62)59(64)54-52-50-48-46-44-42-40-38-36-34-31-26-24-22-20-18-16-14-12-10-8-6-4-2/h23,25,28-29,44,46,52,54,57-59,62-64H,3-22,24,26-27,30-43,45,47-51,53,55-56H2,1-2H3,(H,61,65)/b25-23-,29-28-,46-44+,54-52+. The van der Waals surface area contributed by atoms with Crippen molar-refractivity contribution >= 4 is 5.91 Å². The summed E-state index contributed by atoms with van der Waals surface area (Å²) in [7, 11) is 0. The lowest BCUT2D eigenvalue weighted by Crippen LogP contribution is -2.45. The maximum Gasteiger partial charge on any atom is 0.222 e. The summed E-state index contributed by atoms with van der Waals surface area (Å²) in [5.74, 6) is -0.324. The van der Waals surface area contributed by atoms with Crippen molar-refractivity contribution in [1.29, 1.82) is 0 Å². The van der Waals surface area contributed by atoms with Crippen molar-refractivity contribution in [2.45, 2.75) is 321 Å². The Kier molecular flexibility index (Phi) is 53.5. The zero-order valence-electron chi connectivity index (χ0n) is 43.6. The van der Waals surface area contributed by atoms with E-state index in [2.05, 4.69) is 55.6 Å². The van der Waals surface area contributed by atoms with Gasteiger partial charge >= 0.3 is 0 Å². The molecule has 0 bridgehead atoms. The lowest BCUT2D eigenvalue weighted by Gasteiger charge is -2.21. The highest BCUT2D eigenvalue weighted by molar-refractivity contribution is 5.76. The lowest BCUT2D eigenvalue weighted by atomic mass is 10.0. The van der Waals surface area contributed by atoms with Crippen molar-refractivity contribution in [2.75, 3.05) is 6.61 Å². The van der Waals surface area contributed by atoms with Gasteiger partial charge in [0.1, 0.15) is 0 Å². The van der Waals surface area contributed by atoms with Crippen molar-refractivity contribution in [3.05, 3.63) is 48.6 Å². The Hall–Kier alpha value is -1.69. The number of rotatable bonds is 53. The highest BCUT2D eigenvalue weighted by Crippen LogP contribution is 2.17. The molecule has 0 aliphatic carbocycles. The van der Waals surface area contributed by atoms with Gasteiger partial charge in [0.2, 0.25) is 5.91 Å². The van der Waals surface area contributed by atoms with E-state index >= 15 is 0 Å². The third-order valence-electron chi connectivity index (χ3n) is 13.3. The van der Waals surface area contributed by atoms with E-state index < -0.39 is 18.2 Å². The molecule has 3 atom stereocenters. The molecule has 65 heavy (non-hydrogen) atoms. The number of carbonyl (C=O) groups is 1. The monoisotopic (exact) mass is 912 g/mol. The molecule has 0 fully saturated rings. The minimum atomic E-state index is -0.955. The molecule has 5 nitrogen and oxygen atoms in total. The number of nitrogens with one attached hydrogen (secondary N) is 1. The maximum atomic E-state index is 12.5. The first-order chi connectivity index (χ1) is 32.0. The molecule has 1 amide bonds. The van der Waals surface area contributed by atoms with Crippen LogP contribution >= 0.6 is 0 Å². The molecule has 3 unspecified atom stereocenters. The van der Waals surface area contributed by atoms with E-state index in [1.165, 1.54) is 238 Å². The van der Waals surface area contributed by atoms with Crippen LogP contribution in [0.15, 0.2) is 48.6 Å². The summed E-state index contributed by atoms with van der Waals surface area (Å²) in [6.45, 7) is 4.23. The molecule has 0 saturated heterocycles. The molecule has 382 valence electrons. The van der Waals surface area contributed by atoms with Gasteiger partial charge in [0.15, 0.2) is 0 Å². The summed E-state index contributed by atoms with van der Waals surface area (Å²) in [6.07, 6.45) is 73.0. The van der Waals surface area contributed by atoms with Gasteiger partial charge in [-0.05, 0) is 64.2 Å². The average Bonchev–Trinajstić information content (AvgIpc) is 3.30. The van der Waals surface area contributed by atoms with Gasteiger partial charge in [-0.15, -0.1) is 0 Å². The number of amides is 1. The quantitative estimate of drug-likeness (QED) is 0.0361. The van der Waals surface area contributed by atoms with Crippen LogP contribution in [0.2, 0.25) is 0 Å². The second-order valence-electron chi connectivity index (χ2n) is 19.9. The Morgan fingerprint density at radius 2 is 0.708 bits per heavy atom. The van der Waals surface area contributed by atoms with E-state index in [9.17, 15) is 20.1 Å². The molecule has 0 spiro atoms. The van der Waals surface area contributed by atoms with Gasteiger partial charge in [-0.3, -0.25) is 4.79 Å². The van der Waals surface area contributed by atoms with Crippen molar-refractivity contribution in [3.8, 4) is 0 Å². The van der Waals surface area contributed by atoms with E-state index in [-0.39, 0.29) is 18.9 Å². The van der Waals surface area contributed by atoms with Crippen molar-refractivity contribution < 1.29 is 20.1 Å². The maximum absolute atomic E-state index is 12.5.